The van der Waals surface area contributed by atoms with Crippen LogP contribution in [0.1, 0.15) is 25.7 Å². The fourth-order valence-corrected chi connectivity index (χ4v) is 4.69. The van der Waals surface area contributed by atoms with Crippen LogP contribution in [0.15, 0.2) is 0 Å². The van der Waals surface area contributed by atoms with Gasteiger partial charge in [-0.15, -0.1) is 0 Å². The summed E-state index contributed by atoms with van der Waals surface area (Å²) in [6.45, 7) is 0.704. The Kier molecular flexibility index (Phi) is 3.71. The maximum absolute atomic E-state index is 12.7. The first-order valence-electron chi connectivity index (χ1n) is 7.01. The van der Waals surface area contributed by atoms with Crippen molar-refractivity contribution in [2.75, 3.05) is 18.1 Å². The topological polar surface area (TPSA) is 69.6 Å². The average Bonchev–Trinajstić information content (AvgIpc) is 3.00. The molecule has 6 heteroatoms. The van der Waals surface area contributed by atoms with E-state index in [0.29, 0.717) is 18.6 Å². The monoisotopic (exact) mass is 284 g/mol. The third-order valence-electron chi connectivity index (χ3n) is 4.54. The van der Waals surface area contributed by atoms with Gasteiger partial charge in [-0.3, -0.25) is 9.59 Å². The maximum atomic E-state index is 12.7. The van der Waals surface area contributed by atoms with E-state index in [-0.39, 0.29) is 24.3 Å². The number of thioether (sulfide) groups is 1. The van der Waals surface area contributed by atoms with Crippen LogP contribution in [0.3, 0.4) is 0 Å². The number of carbonyl (C=O) groups excluding carboxylic acids is 1. The van der Waals surface area contributed by atoms with Gasteiger partial charge in [-0.2, -0.15) is 11.8 Å². The number of rotatable bonds is 3. The lowest BCUT2D eigenvalue weighted by atomic mass is 9.87. The van der Waals surface area contributed by atoms with Crippen molar-refractivity contribution < 1.29 is 14.7 Å². The number of amides is 1. The van der Waals surface area contributed by atoms with Crippen molar-refractivity contribution >= 4 is 23.6 Å². The second-order valence-corrected chi connectivity index (χ2v) is 6.90. The first-order chi connectivity index (χ1) is 9.15. The lowest BCUT2D eigenvalue weighted by Crippen LogP contribution is -2.51. The highest BCUT2D eigenvalue weighted by Crippen LogP contribution is 2.35. The van der Waals surface area contributed by atoms with Crippen molar-refractivity contribution in [2.45, 2.75) is 43.8 Å². The van der Waals surface area contributed by atoms with Gasteiger partial charge in [0.25, 0.3) is 0 Å². The fraction of sp³-hybridized carbons (Fsp3) is 0.846. The number of carboxylic acids is 1. The van der Waals surface area contributed by atoms with Gasteiger partial charge in [0.05, 0.1) is 18.4 Å². The van der Waals surface area contributed by atoms with Gasteiger partial charge >= 0.3 is 5.97 Å². The largest absolute Gasteiger partial charge is 0.481 e. The molecule has 0 aromatic carbocycles. The molecule has 2 N–H and O–H groups in total. The standard InChI is InChI=1S/C13H20N2O3S/c16-12(17)6-9-7-19-4-3-15(9)13(18)10-5-8-1-2-11(10)14-8/h8-11,14H,1-7H2,(H,16,17). The SMILES string of the molecule is O=C(O)CC1CSCCN1C(=O)C1CC2CCC1N2. The molecule has 19 heavy (non-hydrogen) atoms. The van der Waals surface area contributed by atoms with E-state index in [4.69, 9.17) is 5.11 Å². The first kappa shape index (κ1) is 13.2. The summed E-state index contributed by atoms with van der Waals surface area (Å²) in [5, 5.41) is 12.5. The minimum atomic E-state index is -0.809. The zero-order valence-electron chi connectivity index (χ0n) is 10.9. The number of nitrogens with zero attached hydrogens (tertiary/aromatic N) is 1. The summed E-state index contributed by atoms with van der Waals surface area (Å²) < 4.78 is 0. The number of hydrogen-bond acceptors (Lipinski definition) is 4. The van der Waals surface area contributed by atoms with Crippen LogP contribution >= 0.6 is 11.8 Å². The van der Waals surface area contributed by atoms with Crippen LogP contribution in [-0.4, -0.2) is 58.1 Å². The Bertz CT molecular complexity index is 390. The van der Waals surface area contributed by atoms with Gasteiger partial charge in [-0.05, 0) is 19.3 Å². The van der Waals surface area contributed by atoms with Crippen LogP contribution in [0.25, 0.3) is 0 Å². The zero-order chi connectivity index (χ0) is 13.4. The van der Waals surface area contributed by atoms with Crippen molar-refractivity contribution in [2.24, 2.45) is 5.92 Å². The van der Waals surface area contributed by atoms with Crippen LogP contribution < -0.4 is 5.32 Å². The predicted octanol–water partition coefficient (Wildman–Crippen LogP) is 0.546. The van der Waals surface area contributed by atoms with Gasteiger partial charge < -0.3 is 15.3 Å². The molecular formula is C13H20N2O3S. The highest BCUT2D eigenvalue weighted by atomic mass is 32.2. The number of carboxylic acid groups (broad SMARTS) is 1. The molecule has 0 radical (unpaired) electrons. The molecule has 4 unspecified atom stereocenters. The molecule has 106 valence electrons. The minimum Gasteiger partial charge on any atom is -0.481 e. The highest BCUT2D eigenvalue weighted by Gasteiger charge is 2.45. The molecule has 3 saturated heterocycles. The summed E-state index contributed by atoms with van der Waals surface area (Å²) in [5.74, 6) is 1.14. The number of hydrogen-bond donors (Lipinski definition) is 2. The first-order valence-corrected chi connectivity index (χ1v) is 8.16. The quantitative estimate of drug-likeness (QED) is 0.792. The lowest BCUT2D eigenvalue weighted by Gasteiger charge is -2.37. The molecule has 2 bridgehead atoms. The summed E-state index contributed by atoms with van der Waals surface area (Å²) in [7, 11) is 0. The molecule has 3 fully saturated rings. The van der Waals surface area contributed by atoms with E-state index >= 15 is 0 Å². The second-order valence-electron chi connectivity index (χ2n) is 5.75. The van der Waals surface area contributed by atoms with Crippen molar-refractivity contribution in [3.63, 3.8) is 0 Å². The van der Waals surface area contributed by atoms with Crippen molar-refractivity contribution in [3.05, 3.63) is 0 Å². The van der Waals surface area contributed by atoms with Gasteiger partial charge in [0.15, 0.2) is 0 Å². The summed E-state index contributed by atoms with van der Waals surface area (Å²) in [4.78, 5) is 25.4. The molecule has 5 nitrogen and oxygen atoms in total. The van der Waals surface area contributed by atoms with Gasteiger partial charge in [0.2, 0.25) is 5.91 Å². The smallest absolute Gasteiger partial charge is 0.305 e. The second kappa shape index (κ2) is 5.32. The van der Waals surface area contributed by atoms with E-state index in [1.165, 1.54) is 6.42 Å². The van der Waals surface area contributed by atoms with Crippen LogP contribution in [0.2, 0.25) is 0 Å². The molecule has 4 atom stereocenters. The van der Waals surface area contributed by atoms with Crippen molar-refractivity contribution in [3.8, 4) is 0 Å². The van der Waals surface area contributed by atoms with Crippen molar-refractivity contribution in [1.82, 2.24) is 10.2 Å². The molecule has 0 saturated carbocycles. The van der Waals surface area contributed by atoms with Crippen LogP contribution in [-0.2, 0) is 9.59 Å². The molecule has 0 aromatic heterocycles. The van der Waals surface area contributed by atoms with Crippen LogP contribution in [0.4, 0.5) is 0 Å². The molecular weight excluding hydrogens is 264 g/mol. The molecule has 0 aliphatic carbocycles. The molecule has 3 aliphatic rings. The van der Waals surface area contributed by atoms with Crippen LogP contribution in [0, 0.1) is 5.92 Å². The summed E-state index contributed by atoms with van der Waals surface area (Å²) in [5.41, 5.74) is 0. The summed E-state index contributed by atoms with van der Waals surface area (Å²) in [6, 6.07) is 0.719. The average molecular weight is 284 g/mol. The normalized spacial score (nSPS) is 37.6. The molecule has 1 amide bonds. The number of carbonyl (C=O) groups is 2. The summed E-state index contributed by atoms with van der Waals surface area (Å²) >= 11 is 1.75. The Morgan fingerprint density at radius 2 is 2.21 bits per heavy atom. The predicted molar refractivity (Wildman–Crippen MR) is 73.1 cm³/mol. The zero-order valence-corrected chi connectivity index (χ0v) is 11.7. The van der Waals surface area contributed by atoms with Gasteiger partial charge in [0.1, 0.15) is 0 Å². The van der Waals surface area contributed by atoms with E-state index in [1.807, 2.05) is 4.90 Å². The summed E-state index contributed by atoms with van der Waals surface area (Å²) in [6.07, 6.45) is 3.29. The van der Waals surface area contributed by atoms with E-state index in [2.05, 4.69) is 5.32 Å². The molecule has 0 spiro atoms. The Balaban J connectivity index is 1.68. The van der Waals surface area contributed by atoms with E-state index in [9.17, 15) is 9.59 Å². The molecule has 3 aliphatic heterocycles. The number of aliphatic carboxylic acids is 1. The third kappa shape index (κ3) is 2.60. The molecule has 3 rings (SSSR count). The minimum absolute atomic E-state index is 0.0764. The van der Waals surface area contributed by atoms with Crippen molar-refractivity contribution in [1.29, 1.82) is 0 Å². The Morgan fingerprint density at radius 1 is 1.37 bits per heavy atom. The van der Waals surface area contributed by atoms with E-state index in [0.717, 1.165) is 24.3 Å². The van der Waals surface area contributed by atoms with Crippen LogP contribution in [0.5, 0.6) is 0 Å². The van der Waals surface area contributed by atoms with Gasteiger partial charge in [-0.1, -0.05) is 0 Å². The number of nitrogens with one attached hydrogen (secondary N) is 1. The maximum Gasteiger partial charge on any atom is 0.305 e. The van der Waals surface area contributed by atoms with Gasteiger partial charge in [0, 0.05) is 30.1 Å². The third-order valence-corrected chi connectivity index (χ3v) is 5.63. The molecule has 0 aromatic rings. The molecule has 3 heterocycles. The van der Waals surface area contributed by atoms with E-state index < -0.39 is 5.97 Å². The van der Waals surface area contributed by atoms with Gasteiger partial charge in [-0.25, -0.2) is 0 Å². The Hall–Kier alpha value is -0.750. The number of fused-ring (bicyclic) bond motifs is 2. The lowest BCUT2D eigenvalue weighted by molar-refractivity contribution is -0.142. The highest BCUT2D eigenvalue weighted by molar-refractivity contribution is 7.99. The Morgan fingerprint density at radius 3 is 2.84 bits per heavy atom. The Labute approximate surface area is 117 Å². The van der Waals surface area contributed by atoms with E-state index in [1.54, 1.807) is 11.8 Å². The fourth-order valence-electron chi connectivity index (χ4n) is 3.63.